The summed E-state index contributed by atoms with van der Waals surface area (Å²) in [7, 11) is 0. The second kappa shape index (κ2) is 12.8. The number of pyridine rings is 1. The molecule has 2 N–H and O–H groups in total. The standard InChI is InChI=1S/C25H19Cl2F2N3O5/c1-2-36-24(34)16(22(33)15-8-9-21(26)32-23(15)27)12-30-19-11-20(18(29)10-17(19)28)31-25(35)37-13-14-6-4-3-5-7-14/h3-12,30H,2,13H2,1H3,(H,31,35)/b16-12-. The number of carbonyl (C=O) groups is 3. The summed E-state index contributed by atoms with van der Waals surface area (Å²) in [5.41, 5.74) is -0.778. The Morgan fingerprint density at radius 2 is 1.68 bits per heavy atom. The van der Waals surface area contributed by atoms with E-state index in [0.717, 1.165) is 12.3 Å². The Hall–Kier alpha value is -4.02. The lowest BCUT2D eigenvalue weighted by atomic mass is 10.1. The van der Waals surface area contributed by atoms with Gasteiger partial charge in [0.2, 0.25) is 5.78 Å². The van der Waals surface area contributed by atoms with Gasteiger partial charge in [-0.25, -0.2) is 23.4 Å². The van der Waals surface area contributed by atoms with Gasteiger partial charge >= 0.3 is 12.1 Å². The number of anilines is 2. The van der Waals surface area contributed by atoms with Gasteiger partial charge in [-0.05, 0) is 30.7 Å². The van der Waals surface area contributed by atoms with Crippen molar-refractivity contribution in [2.45, 2.75) is 13.5 Å². The van der Waals surface area contributed by atoms with E-state index >= 15 is 0 Å². The number of amides is 1. The molecule has 1 aromatic heterocycles. The van der Waals surface area contributed by atoms with Crippen LogP contribution in [-0.4, -0.2) is 29.4 Å². The summed E-state index contributed by atoms with van der Waals surface area (Å²) in [5.74, 6) is -4.06. The highest BCUT2D eigenvalue weighted by Crippen LogP contribution is 2.25. The second-order valence-corrected chi connectivity index (χ2v) is 7.97. The van der Waals surface area contributed by atoms with Crippen molar-refractivity contribution in [3.63, 3.8) is 0 Å². The molecule has 2 aromatic carbocycles. The number of nitrogens with one attached hydrogen (secondary N) is 2. The van der Waals surface area contributed by atoms with E-state index in [1.165, 1.54) is 19.1 Å². The van der Waals surface area contributed by atoms with E-state index in [0.29, 0.717) is 11.6 Å². The summed E-state index contributed by atoms with van der Waals surface area (Å²) in [5, 5.41) is 4.37. The molecule has 8 nitrogen and oxygen atoms in total. The summed E-state index contributed by atoms with van der Waals surface area (Å²) in [4.78, 5) is 41.2. The monoisotopic (exact) mass is 549 g/mol. The Kier molecular flexibility index (Phi) is 9.53. The quantitative estimate of drug-likeness (QED) is 0.0821. The number of aromatic nitrogens is 1. The highest BCUT2D eigenvalue weighted by molar-refractivity contribution is 6.37. The van der Waals surface area contributed by atoms with Crippen molar-refractivity contribution < 1.29 is 32.6 Å². The Morgan fingerprint density at radius 1 is 0.973 bits per heavy atom. The van der Waals surface area contributed by atoms with E-state index in [-0.39, 0.29) is 34.8 Å². The van der Waals surface area contributed by atoms with E-state index in [1.54, 1.807) is 30.3 Å². The predicted octanol–water partition coefficient (Wildman–Crippen LogP) is 6.16. The van der Waals surface area contributed by atoms with Gasteiger partial charge in [-0.15, -0.1) is 0 Å². The zero-order chi connectivity index (χ0) is 26.9. The first-order chi connectivity index (χ1) is 17.7. The van der Waals surface area contributed by atoms with Crippen molar-refractivity contribution in [2.75, 3.05) is 17.2 Å². The van der Waals surface area contributed by atoms with Crippen LogP contribution in [0.25, 0.3) is 0 Å². The zero-order valence-corrected chi connectivity index (χ0v) is 20.7. The van der Waals surface area contributed by atoms with Gasteiger partial charge in [0.1, 0.15) is 34.1 Å². The van der Waals surface area contributed by atoms with Crippen molar-refractivity contribution in [1.29, 1.82) is 0 Å². The van der Waals surface area contributed by atoms with Crippen LogP contribution in [0.5, 0.6) is 0 Å². The number of benzene rings is 2. The van der Waals surface area contributed by atoms with Crippen LogP contribution in [0.3, 0.4) is 0 Å². The number of ketones is 1. The summed E-state index contributed by atoms with van der Waals surface area (Å²) >= 11 is 11.7. The van der Waals surface area contributed by atoms with Gasteiger partial charge < -0.3 is 14.8 Å². The number of halogens is 4. The Labute approximate surface area is 220 Å². The number of rotatable bonds is 9. The largest absolute Gasteiger partial charge is 0.462 e. The van der Waals surface area contributed by atoms with E-state index in [1.807, 2.05) is 0 Å². The predicted molar refractivity (Wildman–Crippen MR) is 134 cm³/mol. The number of nitrogens with zero attached hydrogens (tertiary/aromatic N) is 1. The molecule has 0 saturated carbocycles. The van der Waals surface area contributed by atoms with Crippen LogP contribution < -0.4 is 10.6 Å². The average Bonchev–Trinajstić information content (AvgIpc) is 2.86. The number of esters is 1. The van der Waals surface area contributed by atoms with Crippen molar-refractivity contribution in [2.24, 2.45) is 0 Å². The molecule has 0 unspecified atom stereocenters. The lowest BCUT2D eigenvalue weighted by Gasteiger charge is -2.12. The molecule has 3 aromatic rings. The van der Waals surface area contributed by atoms with Gasteiger partial charge in [-0.1, -0.05) is 53.5 Å². The minimum absolute atomic E-state index is 0.0250. The topological polar surface area (TPSA) is 107 Å². The van der Waals surface area contributed by atoms with E-state index in [2.05, 4.69) is 15.6 Å². The molecule has 0 aliphatic rings. The van der Waals surface area contributed by atoms with Gasteiger partial charge in [0, 0.05) is 12.3 Å². The number of hydrogen-bond donors (Lipinski definition) is 2. The van der Waals surface area contributed by atoms with Crippen molar-refractivity contribution in [3.8, 4) is 0 Å². The van der Waals surface area contributed by atoms with Crippen LogP contribution in [0.2, 0.25) is 10.3 Å². The molecule has 0 radical (unpaired) electrons. The van der Waals surface area contributed by atoms with Crippen LogP contribution in [-0.2, 0) is 20.9 Å². The van der Waals surface area contributed by atoms with Crippen LogP contribution in [0.4, 0.5) is 25.0 Å². The zero-order valence-electron chi connectivity index (χ0n) is 19.2. The number of hydrogen-bond acceptors (Lipinski definition) is 7. The van der Waals surface area contributed by atoms with Gasteiger partial charge in [0.05, 0.1) is 23.5 Å². The summed E-state index contributed by atoms with van der Waals surface area (Å²) < 4.78 is 38.7. The van der Waals surface area contributed by atoms with Gasteiger partial charge in [0.15, 0.2) is 0 Å². The minimum Gasteiger partial charge on any atom is -0.462 e. The molecular formula is C25H19Cl2F2N3O5. The Morgan fingerprint density at radius 3 is 2.35 bits per heavy atom. The molecule has 0 saturated heterocycles. The lowest BCUT2D eigenvalue weighted by molar-refractivity contribution is -0.138. The van der Waals surface area contributed by atoms with Crippen molar-refractivity contribution >= 4 is 52.4 Å². The number of Topliss-reactive ketones (excluding diaryl/α,β-unsaturated/α-hetero) is 1. The fourth-order valence-electron chi connectivity index (χ4n) is 2.93. The third-order valence-corrected chi connectivity index (χ3v) is 5.18. The molecule has 0 aliphatic heterocycles. The van der Waals surface area contributed by atoms with Crippen LogP contribution in [0.15, 0.2) is 66.4 Å². The van der Waals surface area contributed by atoms with Crippen molar-refractivity contribution in [3.05, 3.63) is 99.4 Å². The Balaban J connectivity index is 1.82. The summed E-state index contributed by atoms with van der Waals surface area (Å²) in [6.45, 7) is 1.40. The number of ether oxygens (including phenoxy) is 2. The third kappa shape index (κ3) is 7.48. The smallest absolute Gasteiger partial charge is 0.412 e. The first kappa shape index (κ1) is 27.6. The van der Waals surface area contributed by atoms with Gasteiger partial charge in [-0.3, -0.25) is 10.1 Å². The molecule has 0 atom stereocenters. The SMILES string of the molecule is CCOC(=O)/C(=C\Nc1cc(NC(=O)OCc2ccccc2)c(F)cc1F)C(=O)c1ccc(Cl)nc1Cl. The molecule has 3 rings (SSSR count). The van der Waals surface area contributed by atoms with Crippen molar-refractivity contribution in [1.82, 2.24) is 4.98 Å². The molecule has 0 aliphatic carbocycles. The molecule has 0 bridgehead atoms. The maximum Gasteiger partial charge on any atom is 0.412 e. The molecule has 192 valence electrons. The van der Waals surface area contributed by atoms with Crippen LogP contribution in [0.1, 0.15) is 22.8 Å². The maximum atomic E-state index is 14.4. The third-order valence-electron chi connectivity index (χ3n) is 4.68. The summed E-state index contributed by atoms with van der Waals surface area (Å²) in [6, 6.07) is 12.8. The molecule has 12 heteroatoms. The molecule has 37 heavy (non-hydrogen) atoms. The highest BCUT2D eigenvalue weighted by atomic mass is 35.5. The van der Waals surface area contributed by atoms with Crippen LogP contribution in [0, 0.1) is 11.6 Å². The summed E-state index contributed by atoms with van der Waals surface area (Å²) in [6.07, 6.45) is -0.109. The molecule has 0 spiro atoms. The molecular weight excluding hydrogens is 531 g/mol. The molecule has 1 heterocycles. The molecule has 0 fully saturated rings. The second-order valence-electron chi connectivity index (χ2n) is 7.22. The van der Waals surface area contributed by atoms with E-state index < -0.39 is 40.7 Å². The first-order valence-corrected chi connectivity index (χ1v) is 11.4. The average molecular weight is 550 g/mol. The minimum atomic E-state index is -1.08. The maximum absolute atomic E-state index is 14.4. The van der Waals surface area contributed by atoms with E-state index in [4.69, 9.17) is 32.7 Å². The first-order valence-electron chi connectivity index (χ1n) is 10.7. The van der Waals surface area contributed by atoms with Gasteiger partial charge in [-0.2, -0.15) is 0 Å². The Bertz CT molecular complexity index is 1350. The van der Waals surface area contributed by atoms with Crippen LogP contribution >= 0.6 is 23.2 Å². The number of carbonyl (C=O) groups excluding carboxylic acids is 3. The fraction of sp³-hybridized carbons (Fsp3) is 0.120. The normalized spacial score (nSPS) is 11.0. The lowest BCUT2D eigenvalue weighted by Crippen LogP contribution is -2.18. The van der Waals surface area contributed by atoms with Gasteiger partial charge in [0.25, 0.3) is 0 Å². The van der Waals surface area contributed by atoms with E-state index in [9.17, 15) is 23.2 Å². The molecule has 1 amide bonds. The fourth-order valence-corrected chi connectivity index (χ4v) is 3.36. The highest BCUT2D eigenvalue weighted by Gasteiger charge is 2.24.